The molecule has 2 N–H and O–H groups in total. The molecule has 0 amide bonds. The van der Waals surface area contributed by atoms with Crippen molar-refractivity contribution in [1.29, 1.82) is 5.26 Å². The van der Waals surface area contributed by atoms with Crippen LogP contribution in [-0.2, 0) is 4.79 Å². The van der Waals surface area contributed by atoms with Crippen molar-refractivity contribution in [3.63, 3.8) is 0 Å². The van der Waals surface area contributed by atoms with Crippen LogP contribution in [0.2, 0.25) is 5.02 Å². The number of rotatable bonds is 10. The Morgan fingerprint density at radius 1 is 1.07 bits per heavy atom. The molecule has 1 atom stereocenters. The fourth-order valence-electron chi connectivity index (χ4n) is 4.24. The molecular weight excluding hydrogens is 532 g/mol. The number of carbonyl (C=O) groups is 1. The molecular formula is C31H31ClN2O6. The molecule has 0 spiro atoms. The second-order valence-electron chi connectivity index (χ2n) is 9.74. The van der Waals surface area contributed by atoms with Crippen LogP contribution in [0, 0.1) is 24.2 Å². The predicted molar refractivity (Wildman–Crippen MR) is 151 cm³/mol. The zero-order valence-electron chi connectivity index (χ0n) is 22.8. The van der Waals surface area contributed by atoms with Crippen molar-refractivity contribution in [3.05, 3.63) is 87.8 Å². The highest BCUT2D eigenvalue weighted by atomic mass is 35.5. The normalized spacial score (nSPS) is 14.2. The Balaban J connectivity index is 1.54. The number of allylic oxidation sites excluding steroid dienone is 1. The topological polar surface area (TPSA) is 113 Å². The Hall–Kier alpha value is -4.35. The summed E-state index contributed by atoms with van der Waals surface area (Å²) >= 11 is 6.04. The average molecular weight is 563 g/mol. The first-order valence-electron chi connectivity index (χ1n) is 12.8. The van der Waals surface area contributed by atoms with Gasteiger partial charge in [-0.1, -0.05) is 37.6 Å². The van der Waals surface area contributed by atoms with E-state index in [9.17, 15) is 10.1 Å². The van der Waals surface area contributed by atoms with Gasteiger partial charge in [-0.05, 0) is 66.8 Å². The number of esters is 1. The van der Waals surface area contributed by atoms with Crippen LogP contribution in [-0.4, -0.2) is 26.3 Å². The number of nitrogens with zero attached hydrogens (tertiary/aromatic N) is 1. The van der Waals surface area contributed by atoms with E-state index in [0.29, 0.717) is 46.1 Å². The van der Waals surface area contributed by atoms with Crippen LogP contribution >= 0.6 is 11.6 Å². The number of halogens is 1. The molecule has 1 aliphatic heterocycles. The molecule has 8 nitrogen and oxygen atoms in total. The van der Waals surface area contributed by atoms with Gasteiger partial charge < -0.3 is 29.4 Å². The molecule has 0 aliphatic carbocycles. The van der Waals surface area contributed by atoms with E-state index in [1.54, 1.807) is 43.5 Å². The lowest BCUT2D eigenvalue weighted by atomic mass is 9.83. The van der Waals surface area contributed by atoms with Gasteiger partial charge in [-0.25, -0.2) is 4.79 Å². The summed E-state index contributed by atoms with van der Waals surface area (Å²) in [5, 5.41) is 10.5. The van der Waals surface area contributed by atoms with Crippen molar-refractivity contribution < 1.29 is 28.5 Å². The lowest BCUT2D eigenvalue weighted by Crippen LogP contribution is -2.22. The van der Waals surface area contributed by atoms with E-state index < -0.39 is 11.9 Å². The summed E-state index contributed by atoms with van der Waals surface area (Å²) in [4.78, 5) is 12.5. The lowest BCUT2D eigenvalue weighted by Gasteiger charge is -2.27. The molecule has 0 saturated carbocycles. The van der Waals surface area contributed by atoms with Gasteiger partial charge in [0.15, 0.2) is 18.1 Å². The van der Waals surface area contributed by atoms with Crippen LogP contribution in [0.15, 0.2) is 66.1 Å². The summed E-state index contributed by atoms with van der Waals surface area (Å²) < 4.78 is 28.3. The SMILES string of the molecule is COc1cc(C2C(C#N)=C(N)Oc3cc(OC(=O)COc4ccc(Cl)c(C)c4)ccc32)ccc1OCCC(C)C. The van der Waals surface area contributed by atoms with Gasteiger partial charge in [0.2, 0.25) is 5.88 Å². The van der Waals surface area contributed by atoms with Gasteiger partial charge in [0.25, 0.3) is 0 Å². The maximum atomic E-state index is 12.5. The second-order valence-corrected chi connectivity index (χ2v) is 10.1. The molecule has 0 aromatic heterocycles. The first-order valence-corrected chi connectivity index (χ1v) is 13.2. The monoisotopic (exact) mass is 562 g/mol. The van der Waals surface area contributed by atoms with E-state index in [4.69, 9.17) is 41.0 Å². The van der Waals surface area contributed by atoms with Crippen LogP contribution < -0.4 is 29.4 Å². The third-order valence-electron chi connectivity index (χ3n) is 6.38. The van der Waals surface area contributed by atoms with Crippen LogP contribution in [0.3, 0.4) is 0 Å². The number of nitrogens with two attached hydrogens (primary N) is 1. The Morgan fingerprint density at radius 3 is 2.55 bits per heavy atom. The van der Waals surface area contributed by atoms with E-state index in [-0.39, 0.29) is 23.8 Å². The van der Waals surface area contributed by atoms with Crippen molar-refractivity contribution in [1.82, 2.24) is 0 Å². The fourth-order valence-corrected chi connectivity index (χ4v) is 4.36. The molecule has 0 fully saturated rings. The molecule has 40 heavy (non-hydrogen) atoms. The highest BCUT2D eigenvalue weighted by Gasteiger charge is 2.32. The van der Waals surface area contributed by atoms with E-state index >= 15 is 0 Å². The van der Waals surface area contributed by atoms with Gasteiger partial charge in [0.1, 0.15) is 28.9 Å². The number of fused-ring (bicyclic) bond motifs is 1. The van der Waals surface area contributed by atoms with Crippen LogP contribution in [0.4, 0.5) is 0 Å². The van der Waals surface area contributed by atoms with Crippen LogP contribution in [0.25, 0.3) is 0 Å². The third kappa shape index (κ3) is 6.61. The van der Waals surface area contributed by atoms with Crippen LogP contribution in [0.1, 0.15) is 42.9 Å². The minimum atomic E-state index is -0.598. The molecule has 0 saturated heterocycles. The maximum absolute atomic E-state index is 12.5. The minimum Gasteiger partial charge on any atom is -0.493 e. The zero-order valence-corrected chi connectivity index (χ0v) is 23.6. The molecule has 0 bridgehead atoms. The smallest absolute Gasteiger partial charge is 0.349 e. The highest BCUT2D eigenvalue weighted by molar-refractivity contribution is 6.31. The Labute approximate surface area is 238 Å². The van der Waals surface area contributed by atoms with E-state index in [1.165, 1.54) is 0 Å². The van der Waals surface area contributed by atoms with Gasteiger partial charge in [0, 0.05) is 16.7 Å². The maximum Gasteiger partial charge on any atom is 0.349 e. The third-order valence-corrected chi connectivity index (χ3v) is 6.81. The number of hydrogen-bond donors (Lipinski definition) is 1. The minimum absolute atomic E-state index is 0.0267. The first-order chi connectivity index (χ1) is 19.2. The molecule has 1 unspecified atom stereocenters. The van der Waals surface area contributed by atoms with E-state index in [1.807, 2.05) is 25.1 Å². The Kier molecular flexibility index (Phi) is 9.08. The summed E-state index contributed by atoms with van der Waals surface area (Å²) in [7, 11) is 1.57. The van der Waals surface area contributed by atoms with Crippen molar-refractivity contribution >= 4 is 17.6 Å². The molecule has 0 radical (unpaired) electrons. The number of benzene rings is 3. The van der Waals surface area contributed by atoms with Gasteiger partial charge in [-0.3, -0.25) is 0 Å². The van der Waals surface area contributed by atoms with Crippen molar-refractivity contribution in [2.45, 2.75) is 33.1 Å². The zero-order chi connectivity index (χ0) is 28.8. The number of aryl methyl sites for hydroxylation is 1. The van der Waals surface area contributed by atoms with Gasteiger partial charge >= 0.3 is 5.97 Å². The van der Waals surface area contributed by atoms with Crippen molar-refractivity contribution in [3.8, 4) is 34.8 Å². The molecule has 9 heteroatoms. The van der Waals surface area contributed by atoms with Crippen molar-refractivity contribution in [2.75, 3.05) is 20.3 Å². The lowest BCUT2D eigenvalue weighted by molar-refractivity contribution is -0.136. The fraction of sp³-hybridized carbons (Fsp3) is 0.290. The summed E-state index contributed by atoms with van der Waals surface area (Å²) in [5.41, 5.74) is 8.71. The first kappa shape index (κ1) is 28.7. The number of methoxy groups -OCH3 is 1. The highest BCUT2D eigenvalue weighted by Crippen LogP contribution is 2.45. The molecule has 3 aromatic carbocycles. The van der Waals surface area contributed by atoms with E-state index in [2.05, 4.69) is 19.9 Å². The Bertz CT molecular complexity index is 1480. The Morgan fingerprint density at radius 2 is 1.85 bits per heavy atom. The number of hydrogen-bond acceptors (Lipinski definition) is 8. The average Bonchev–Trinajstić information content (AvgIpc) is 2.92. The van der Waals surface area contributed by atoms with Gasteiger partial charge in [0.05, 0.1) is 19.6 Å². The molecule has 1 aliphatic rings. The van der Waals surface area contributed by atoms with E-state index in [0.717, 1.165) is 17.5 Å². The van der Waals surface area contributed by atoms with Gasteiger partial charge in [-0.15, -0.1) is 0 Å². The van der Waals surface area contributed by atoms with Gasteiger partial charge in [-0.2, -0.15) is 5.26 Å². The predicted octanol–water partition coefficient (Wildman–Crippen LogP) is 6.28. The van der Waals surface area contributed by atoms with Crippen LogP contribution in [0.5, 0.6) is 28.7 Å². The molecule has 208 valence electrons. The molecule has 4 rings (SSSR count). The molecule has 3 aromatic rings. The summed E-state index contributed by atoms with van der Waals surface area (Å²) in [5.74, 6) is 1.66. The quantitative estimate of drug-likeness (QED) is 0.227. The standard InChI is InChI=1S/C31H31ClN2O6/c1-18(2)11-12-37-26-10-5-20(14-28(26)36-4)30-23-8-6-22(15-27(23)40-31(34)24(30)16-33)39-29(35)17-38-21-7-9-25(32)19(3)13-21/h5-10,13-15,18,30H,11-12,17,34H2,1-4H3. The van der Waals surface area contributed by atoms with Crippen molar-refractivity contribution in [2.24, 2.45) is 11.7 Å². The largest absolute Gasteiger partial charge is 0.493 e. The summed E-state index contributed by atoms with van der Waals surface area (Å²) in [6.07, 6.45) is 0.913. The number of ether oxygens (including phenoxy) is 5. The summed E-state index contributed by atoms with van der Waals surface area (Å²) in [6, 6.07) is 17.8. The molecule has 1 heterocycles. The second kappa shape index (κ2) is 12.7. The number of carbonyl (C=O) groups excluding carboxylic acids is 1. The summed E-state index contributed by atoms with van der Waals surface area (Å²) in [6.45, 7) is 6.38. The number of nitriles is 1.